The number of ether oxygens (including phenoxy) is 1. The van der Waals surface area contributed by atoms with Gasteiger partial charge in [0.05, 0.1) is 13.2 Å². The molecule has 1 aromatic heterocycles. The Kier molecular flexibility index (Phi) is 4.66. The standard InChI is InChI=1S/C22H25N5O2/c1-29-22-23-9-8-20(25-22)26-13-17-11-16(12-18(17)14-26)21(28)27-19(7-10-24-27)15-5-3-2-4-6-15/h2-6,8-10,16-19H,7,11-14H2,1H3/t16-,17-,18+,19-/m1/s1. The molecule has 150 valence electrons. The largest absolute Gasteiger partial charge is 0.467 e. The van der Waals surface area contributed by atoms with E-state index >= 15 is 0 Å². The Labute approximate surface area is 170 Å². The first-order valence-electron chi connectivity index (χ1n) is 10.3. The first-order valence-corrected chi connectivity index (χ1v) is 10.3. The predicted octanol–water partition coefficient (Wildman–Crippen LogP) is 2.91. The predicted molar refractivity (Wildman–Crippen MR) is 110 cm³/mol. The minimum absolute atomic E-state index is 0.0362. The Morgan fingerprint density at radius 3 is 2.59 bits per heavy atom. The second-order valence-corrected chi connectivity index (χ2v) is 8.14. The molecule has 29 heavy (non-hydrogen) atoms. The lowest BCUT2D eigenvalue weighted by molar-refractivity contribution is -0.137. The van der Waals surface area contributed by atoms with Crippen molar-refractivity contribution < 1.29 is 9.53 Å². The van der Waals surface area contributed by atoms with Crippen molar-refractivity contribution in [2.75, 3.05) is 25.1 Å². The van der Waals surface area contributed by atoms with Crippen LogP contribution in [0.25, 0.3) is 0 Å². The van der Waals surface area contributed by atoms with Crippen molar-refractivity contribution in [1.82, 2.24) is 15.0 Å². The van der Waals surface area contributed by atoms with E-state index in [0.717, 1.165) is 43.7 Å². The van der Waals surface area contributed by atoms with E-state index in [0.29, 0.717) is 17.8 Å². The van der Waals surface area contributed by atoms with E-state index in [1.54, 1.807) is 18.3 Å². The third-order valence-electron chi connectivity index (χ3n) is 6.47. The fraction of sp³-hybridized carbons (Fsp3) is 0.455. The van der Waals surface area contributed by atoms with Crippen LogP contribution in [0, 0.1) is 17.8 Å². The van der Waals surface area contributed by atoms with Crippen LogP contribution in [0.4, 0.5) is 5.82 Å². The van der Waals surface area contributed by atoms with Gasteiger partial charge in [0, 0.05) is 37.8 Å². The first kappa shape index (κ1) is 18.1. The number of anilines is 1. The number of fused-ring (bicyclic) bond motifs is 1. The van der Waals surface area contributed by atoms with Gasteiger partial charge in [0.1, 0.15) is 5.82 Å². The van der Waals surface area contributed by atoms with Crippen molar-refractivity contribution >= 4 is 17.9 Å². The minimum atomic E-state index is 0.0362. The summed E-state index contributed by atoms with van der Waals surface area (Å²) in [6, 6.07) is 12.6. The van der Waals surface area contributed by atoms with Gasteiger partial charge >= 0.3 is 6.01 Å². The summed E-state index contributed by atoms with van der Waals surface area (Å²) in [7, 11) is 1.58. The highest BCUT2D eigenvalue weighted by Gasteiger charge is 2.46. The molecule has 0 spiro atoms. The van der Waals surface area contributed by atoms with Gasteiger partial charge in [0.2, 0.25) is 5.91 Å². The molecule has 2 aromatic rings. The van der Waals surface area contributed by atoms with Crippen LogP contribution < -0.4 is 9.64 Å². The van der Waals surface area contributed by atoms with Crippen LogP contribution in [-0.2, 0) is 4.79 Å². The molecule has 5 rings (SSSR count). The van der Waals surface area contributed by atoms with Gasteiger partial charge in [-0.2, -0.15) is 10.1 Å². The Morgan fingerprint density at radius 2 is 1.86 bits per heavy atom. The highest BCUT2D eigenvalue weighted by atomic mass is 16.5. The Balaban J connectivity index is 1.24. The number of hydrazone groups is 1. The zero-order chi connectivity index (χ0) is 19.8. The first-order chi connectivity index (χ1) is 14.2. The number of hydrogen-bond acceptors (Lipinski definition) is 6. The lowest BCUT2D eigenvalue weighted by Gasteiger charge is -2.26. The smallest absolute Gasteiger partial charge is 0.318 e. The third kappa shape index (κ3) is 3.34. The summed E-state index contributed by atoms with van der Waals surface area (Å²) in [5.74, 6) is 2.19. The second kappa shape index (κ2) is 7.46. The molecule has 1 aliphatic carbocycles. The quantitative estimate of drug-likeness (QED) is 0.801. The molecule has 7 nitrogen and oxygen atoms in total. The summed E-state index contributed by atoms with van der Waals surface area (Å²) < 4.78 is 5.15. The third-order valence-corrected chi connectivity index (χ3v) is 6.47. The van der Waals surface area contributed by atoms with E-state index in [1.807, 2.05) is 30.5 Å². The van der Waals surface area contributed by atoms with Crippen LogP contribution >= 0.6 is 0 Å². The average Bonchev–Trinajstić information content (AvgIpc) is 3.48. The minimum Gasteiger partial charge on any atom is -0.467 e. The van der Waals surface area contributed by atoms with Gasteiger partial charge in [-0.1, -0.05) is 30.3 Å². The molecule has 7 heteroatoms. The SMILES string of the molecule is COc1nccc(N2C[C@H]3C[C@@H](C(=O)N4N=CC[C@@H]4c4ccccc4)C[C@H]3C2)n1. The van der Waals surface area contributed by atoms with Crippen LogP contribution in [0.15, 0.2) is 47.7 Å². The van der Waals surface area contributed by atoms with Crippen molar-refractivity contribution in [2.24, 2.45) is 22.9 Å². The van der Waals surface area contributed by atoms with Crippen LogP contribution in [0.1, 0.15) is 30.9 Å². The number of hydrogen-bond donors (Lipinski definition) is 0. The number of benzene rings is 1. The lowest BCUT2D eigenvalue weighted by Crippen LogP contribution is -2.33. The molecule has 3 aliphatic rings. The van der Waals surface area contributed by atoms with Gasteiger partial charge in [0.25, 0.3) is 0 Å². The molecule has 0 bridgehead atoms. The molecule has 2 fully saturated rings. The number of aromatic nitrogens is 2. The summed E-state index contributed by atoms with van der Waals surface area (Å²) in [5, 5.41) is 6.16. The fourth-order valence-corrected chi connectivity index (χ4v) is 5.06. The van der Waals surface area contributed by atoms with E-state index in [9.17, 15) is 4.79 Å². The summed E-state index contributed by atoms with van der Waals surface area (Å²) in [4.78, 5) is 24.1. The molecule has 1 amide bonds. The van der Waals surface area contributed by atoms with E-state index < -0.39 is 0 Å². The van der Waals surface area contributed by atoms with E-state index in [1.165, 1.54) is 0 Å². The average molecular weight is 391 g/mol. The molecule has 0 N–H and O–H groups in total. The highest BCUT2D eigenvalue weighted by Crippen LogP contribution is 2.44. The van der Waals surface area contributed by atoms with Crippen molar-refractivity contribution in [2.45, 2.75) is 25.3 Å². The molecule has 1 saturated carbocycles. The van der Waals surface area contributed by atoms with E-state index in [-0.39, 0.29) is 17.9 Å². The van der Waals surface area contributed by atoms with E-state index in [2.05, 4.69) is 32.1 Å². The van der Waals surface area contributed by atoms with Crippen LogP contribution in [0.3, 0.4) is 0 Å². The summed E-state index contributed by atoms with van der Waals surface area (Å²) in [6.07, 6.45) is 6.25. The molecule has 1 saturated heterocycles. The lowest BCUT2D eigenvalue weighted by atomic mass is 10.0. The highest BCUT2D eigenvalue weighted by molar-refractivity contribution is 5.82. The number of amides is 1. The molecule has 0 unspecified atom stereocenters. The van der Waals surface area contributed by atoms with Crippen molar-refractivity contribution in [1.29, 1.82) is 0 Å². The van der Waals surface area contributed by atoms with Gasteiger partial charge in [-0.25, -0.2) is 9.99 Å². The molecule has 4 atom stereocenters. The number of methoxy groups -OCH3 is 1. The Hall–Kier alpha value is -2.96. The van der Waals surface area contributed by atoms with Crippen molar-refractivity contribution in [3.8, 4) is 6.01 Å². The maximum atomic E-state index is 13.3. The van der Waals surface area contributed by atoms with Gasteiger partial charge < -0.3 is 9.64 Å². The number of carbonyl (C=O) groups excluding carboxylic acids is 1. The number of rotatable bonds is 4. The summed E-state index contributed by atoms with van der Waals surface area (Å²) >= 11 is 0. The number of nitrogens with zero attached hydrogens (tertiary/aromatic N) is 5. The van der Waals surface area contributed by atoms with Crippen LogP contribution in [0.2, 0.25) is 0 Å². The molecular formula is C22H25N5O2. The molecular weight excluding hydrogens is 366 g/mol. The van der Waals surface area contributed by atoms with Gasteiger partial charge in [0.15, 0.2) is 0 Å². The Bertz CT molecular complexity index is 904. The summed E-state index contributed by atoms with van der Waals surface area (Å²) in [6.45, 7) is 1.86. The maximum Gasteiger partial charge on any atom is 0.318 e. The van der Waals surface area contributed by atoms with Gasteiger partial charge in [-0.05, 0) is 36.3 Å². The topological polar surface area (TPSA) is 70.9 Å². The normalized spacial score (nSPS) is 28.0. The number of carbonyl (C=O) groups is 1. The second-order valence-electron chi connectivity index (χ2n) is 8.14. The maximum absolute atomic E-state index is 13.3. The molecule has 3 heterocycles. The van der Waals surface area contributed by atoms with Crippen LogP contribution in [0.5, 0.6) is 6.01 Å². The summed E-state index contributed by atoms with van der Waals surface area (Å²) in [5.41, 5.74) is 1.15. The van der Waals surface area contributed by atoms with Crippen LogP contribution in [-0.4, -0.2) is 47.3 Å². The molecule has 0 radical (unpaired) electrons. The Morgan fingerprint density at radius 1 is 1.10 bits per heavy atom. The monoisotopic (exact) mass is 391 g/mol. The van der Waals surface area contributed by atoms with E-state index in [4.69, 9.17) is 4.74 Å². The fourth-order valence-electron chi connectivity index (χ4n) is 5.06. The molecule has 1 aromatic carbocycles. The molecule has 2 aliphatic heterocycles. The van der Waals surface area contributed by atoms with Crippen molar-refractivity contribution in [3.05, 3.63) is 48.2 Å². The van der Waals surface area contributed by atoms with Crippen molar-refractivity contribution in [3.63, 3.8) is 0 Å². The zero-order valence-electron chi connectivity index (χ0n) is 16.5. The van der Waals surface area contributed by atoms with Gasteiger partial charge in [-0.15, -0.1) is 0 Å². The zero-order valence-corrected chi connectivity index (χ0v) is 16.5. The van der Waals surface area contributed by atoms with Gasteiger partial charge in [-0.3, -0.25) is 4.79 Å².